The van der Waals surface area contributed by atoms with Gasteiger partial charge in [0.25, 0.3) is 0 Å². The molecule has 0 aliphatic heterocycles. The molecule has 0 bridgehead atoms. The Labute approximate surface area is 164 Å². The maximum atomic E-state index is 10.2. The average Bonchev–Trinajstić information content (AvgIpc) is 2.70. The van der Waals surface area contributed by atoms with Gasteiger partial charge in [0.05, 0.1) is 18.0 Å². The van der Waals surface area contributed by atoms with E-state index in [-0.39, 0.29) is 6.61 Å². The molecule has 9 nitrogen and oxygen atoms in total. The molecule has 1 aromatic carbocycles. The number of ether oxygens (including phenoxy) is 2. The first-order chi connectivity index (χ1) is 13.3. The third-order valence-corrected chi connectivity index (χ3v) is 3.86. The van der Waals surface area contributed by atoms with E-state index in [4.69, 9.17) is 20.6 Å². The number of hydrazine groups is 1. The summed E-state index contributed by atoms with van der Waals surface area (Å²) in [6.07, 6.45) is 2.20. The minimum atomic E-state index is -0.749. The van der Waals surface area contributed by atoms with Crippen molar-refractivity contribution in [1.29, 1.82) is 5.26 Å². The van der Waals surface area contributed by atoms with Gasteiger partial charge in [-0.15, -0.1) is 0 Å². The van der Waals surface area contributed by atoms with Gasteiger partial charge >= 0.3 is 0 Å². The van der Waals surface area contributed by atoms with E-state index in [2.05, 4.69) is 26.8 Å². The first-order valence-electron chi connectivity index (χ1n) is 8.81. The summed E-state index contributed by atoms with van der Waals surface area (Å²) in [5.41, 5.74) is 3.40. The van der Waals surface area contributed by atoms with E-state index in [0.29, 0.717) is 36.2 Å². The molecule has 1 atom stereocenters. The SMILES string of the molecule is Cc1ccc(C#N)c(OCC(O)CNC(C)(C)COc2cnc(NN)cn2)c1. The van der Waals surface area contributed by atoms with Gasteiger partial charge in [0.2, 0.25) is 5.88 Å². The summed E-state index contributed by atoms with van der Waals surface area (Å²) in [4.78, 5) is 8.11. The van der Waals surface area contributed by atoms with E-state index in [0.717, 1.165) is 5.56 Å². The number of rotatable bonds is 10. The van der Waals surface area contributed by atoms with Crippen molar-refractivity contribution in [2.24, 2.45) is 5.84 Å². The third kappa shape index (κ3) is 6.66. The van der Waals surface area contributed by atoms with Crippen molar-refractivity contribution in [3.63, 3.8) is 0 Å². The molecule has 0 amide bonds. The van der Waals surface area contributed by atoms with Crippen LogP contribution >= 0.6 is 0 Å². The zero-order valence-corrected chi connectivity index (χ0v) is 16.3. The highest BCUT2D eigenvalue weighted by atomic mass is 16.5. The van der Waals surface area contributed by atoms with Crippen molar-refractivity contribution >= 4 is 5.82 Å². The molecule has 28 heavy (non-hydrogen) atoms. The van der Waals surface area contributed by atoms with Crippen LogP contribution in [0.1, 0.15) is 25.0 Å². The summed E-state index contributed by atoms with van der Waals surface area (Å²) in [7, 11) is 0. The molecule has 1 aromatic heterocycles. The number of nitrogens with two attached hydrogens (primary N) is 1. The molecule has 2 rings (SSSR count). The lowest BCUT2D eigenvalue weighted by Crippen LogP contribution is -2.48. The highest BCUT2D eigenvalue weighted by Gasteiger charge is 2.20. The van der Waals surface area contributed by atoms with Crippen molar-refractivity contribution in [2.75, 3.05) is 25.2 Å². The van der Waals surface area contributed by atoms with Gasteiger partial charge in [-0.25, -0.2) is 15.8 Å². The Morgan fingerprint density at radius 2 is 2.07 bits per heavy atom. The number of aromatic nitrogens is 2. The van der Waals surface area contributed by atoms with Crippen LogP contribution < -0.4 is 26.1 Å². The van der Waals surface area contributed by atoms with Gasteiger partial charge in [-0.2, -0.15) is 5.26 Å². The molecule has 0 fully saturated rings. The number of aryl methyl sites for hydroxylation is 1. The maximum Gasteiger partial charge on any atom is 0.232 e. The number of aliphatic hydroxyl groups is 1. The van der Waals surface area contributed by atoms with Crippen LogP contribution in [-0.4, -0.2) is 46.5 Å². The molecule has 5 N–H and O–H groups in total. The molecule has 2 aromatic rings. The second-order valence-corrected chi connectivity index (χ2v) is 7.01. The molecule has 0 spiro atoms. The summed E-state index contributed by atoms with van der Waals surface area (Å²) in [5, 5.41) is 22.6. The molecule has 0 aliphatic rings. The number of nitrogen functional groups attached to an aromatic ring is 1. The molecule has 0 saturated heterocycles. The number of anilines is 1. The van der Waals surface area contributed by atoms with Crippen molar-refractivity contribution in [2.45, 2.75) is 32.4 Å². The van der Waals surface area contributed by atoms with Gasteiger partial charge in [0.15, 0.2) is 5.82 Å². The summed E-state index contributed by atoms with van der Waals surface area (Å²) in [6.45, 7) is 6.49. The van der Waals surface area contributed by atoms with Crippen LogP contribution in [0.3, 0.4) is 0 Å². The Morgan fingerprint density at radius 1 is 1.29 bits per heavy atom. The van der Waals surface area contributed by atoms with Crippen LogP contribution in [0.15, 0.2) is 30.6 Å². The quantitative estimate of drug-likeness (QED) is 0.349. The predicted molar refractivity (Wildman–Crippen MR) is 105 cm³/mol. The van der Waals surface area contributed by atoms with E-state index in [1.165, 1.54) is 12.4 Å². The van der Waals surface area contributed by atoms with Crippen molar-refractivity contribution < 1.29 is 14.6 Å². The molecule has 1 unspecified atom stereocenters. The van der Waals surface area contributed by atoms with Gasteiger partial charge in [0, 0.05) is 12.1 Å². The molecule has 0 radical (unpaired) electrons. The Kier molecular flexibility index (Phi) is 7.52. The van der Waals surface area contributed by atoms with Crippen LogP contribution in [0.25, 0.3) is 0 Å². The van der Waals surface area contributed by atoms with E-state index in [1.807, 2.05) is 26.8 Å². The predicted octanol–water partition coefficient (Wildman–Crippen LogP) is 1.13. The topological polar surface area (TPSA) is 138 Å². The monoisotopic (exact) mass is 386 g/mol. The van der Waals surface area contributed by atoms with E-state index < -0.39 is 11.6 Å². The number of aliphatic hydroxyl groups excluding tert-OH is 1. The fourth-order valence-corrected chi connectivity index (χ4v) is 2.25. The number of nitriles is 1. The zero-order chi connectivity index (χ0) is 20.6. The fraction of sp³-hybridized carbons (Fsp3) is 0.421. The van der Waals surface area contributed by atoms with Gasteiger partial charge in [0.1, 0.15) is 31.1 Å². The van der Waals surface area contributed by atoms with Crippen LogP contribution in [0.5, 0.6) is 11.6 Å². The minimum Gasteiger partial charge on any atom is -0.489 e. The summed E-state index contributed by atoms with van der Waals surface area (Å²) < 4.78 is 11.2. The lowest BCUT2D eigenvalue weighted by atomic mass is 10.1. The summed E-state index contributed by atoms with van der Waals surface area (Å²) >= 11 is 0. The molecule has 150 valence electrons. The lowest BCUT2D eigenvalue weighted by Gasteiger charge is -2.27. The van der Waals surface area contributed by atoms with Crippen molar-refractivity contribution in [3.05, 3.63) is 41.7 Å². The number of β-amino-alcohol motifs (C(OH)–C–C–N with tert-alkyl or cyclic N) is 1. The Bertz CT molecular complexity index is 804. The number of hydrogen-bond acceptors (Lipinski definition) is 9. The smallest absolute Gasteiger partial charge is 0.232 e. The average molecular weight is 386 g/mol. The van der Waals surface area contributed by atoms with Gasteiger partial charge in [-0.1, -0.05) is 6.07 Å². The molecular formula is C19H26N6O3. The Hall–Kier alpha value is -2.93. The first-order valence-corrected chi connectivity index (χ1v) is 8.81. The molecule has 1 heterocycles. The van der Waals surface area contributed by atoms with Crippen LogP contribution in [-0.2, 0) is 0 Å². The minimum absolute atomic E-state index is 0.0705. The van der Waals surface area contributed by atoms with E-state index in [1.54, 1.807) is 12.1 Å². The number of nitrogens with zero attached hydrogens (tertiary/aromatic N) is 3. The van der Waals surface area contributed by atoms with Gasteiger partial charge in [-0.05, 0) is 38.5 Å². The summed E-state index contributed by atoms with van der Waals surface area (Å²) in [5.74, 6) is 6.54. The third-order valence-electron chi connectivity index (χ3n) is 3.86. The van der Waals surface area contributed by atoms with E-state index >= 15 is 0 Å². The Morgan fingerprint density at radius 3 is 2.71 bits per heavy atom. The van der Waals surface area contributed by atoms with Crippen molar-refractivity contribution in [1.82, 2.24) is 15.3 Å². The van der Waals surface area contributed by atoms with E-state index in [9.17, 15) is 5.11 Å². The second kappa shape index (κ2) is 9.85. The standard InChI is InChI=1S/C19H26N6O3/c1-13-4-5-14(7-20)16(6-13)27-11-15(26)8-24-19(2,3)12-28-18-10-22-17(25-21)9-23-18/h4-6,9-10,15,24,26H,8,11-12,21H2,1-3H3,(H,22,25). The van der Waals surface area contributed by atoms with Crippen LogP contribution in [0.2, 0.25) is 0 Å². The number of hydrogen-bond donors (Lipinski definition) is 4. The Balaban J connectivity index is 1.78. The molecular weight excluding hydrogens is 360 g/mol. The van der Waals surface area contributed by atoms with Gasteiger partial charge < -0.3 is 25.3 Å². The van der Waals surface area contributed by atoms with Crippen LogP contribution in [0, 0.1) is 18.3 Å². The second-order valence-electron chi connectivity index (χ2n) is 7.01. The largest absolute Gasteiger partial charge is 0.489 e. The number of benzene rings is 1. The van der Waals surface area contributed by atoms with Gasteiger partial charge in [-0.3, -0.25) is 0 Å². The molecule has 0 saturated carbocycles. The lowest BCUT2D eigenvalue weighted by molar-refractivity contribution is 0.0922. The summed E-state index contributed by atoms with van der Waals surface area (Å²) in [6, 6.07) is 7.41. The number of nitrogens with one attached hydrogen (secondary N) is 2. The fourth-order valence-electron chi connectivity index (χ4n) is 2.25. The van der Waals surface area contributed by atoms with Crippen LogP contribution in [0.4, 0.5) is 5.82 Å². The van der Waals surface area contributed by atoms with Crippen molar-refractivity contribution in [3.8, 4) is 17.7 Å². The zero-order valence-electron chi connectivity index (χ0n) is 16.3. The molecule has 0 aliphatic carbocycles. The maximum absolute atomic E-state index is 10.2. The highest BCUT2D eigenvalue weighted by molar-refractivity contribution is 5.45. The molecule has 9 heteroatoms. The normalized spacial score (nSPS) is 12.1. The first kappa shape index (κ1) is 21.4. The highest BCUT2D eigenvalue weighted by Crippen LogP contribution is 2.19.